The van der Waals surface area contributed by atoms with Crippen LogP contribution in [0.3, 0.4) is 0 Å². The summed E-state index contributed by atoms with van der Waals surface area (Å²) < 4.78 is 0. The lowest BCUT2D eigenvalue weighted by molar-refractivity contribution is -0.117. The van der Waals surface area contributed by atoms with Gasteiger partial charge in [-0.25, -0.2) is 0 Å². The van der Waals surface area contributed by atoms with Crippen LogP contribution in [0, 0.1) is 6.92 Å². The van der Waals surface area contributed by atoms with E-state index < -0.39 is 0 Å². The summed E-state index contributed by atoms with van der Waals surface area (Å²) in [4.78, 5) is 25.8. The minimum absolute atomic E-state index is 0.0102. The van der Waals surface area contributed by atoms with Crippen molar-refractivity contribution in [3.63, 3.8) is 0 Å². The van der Waals surface area contributed by atoms with Gasteiger partial charge in [-0.3, -0.25) is 9.59 Å². The largest absolute Gasteiger partial charge is 0.357 e. The highest BCUT2D eigenvalue weighted by Crippen LogP contribution is 2.23. The molecule has 0 aliphatic carbocycles. The van der Waals surface area contributed by atoms with E-state index in [-0.39, 0.29) is 23.6 Å². The van der Waals surface area contributed by atoms with Gasteiger partial charge >= 0.3 is 0 Å². The van der Waals surface area contributed by atoms with E-state index in [9.17, 15) is 9.59 Å². The fourth-order valence-electron chi connectivity index (χ4n) is 2.63. The van der Waals surface area contributed by atoms with Crippen molar-refractivity contribution in [2.45, 2.75) is 19.4 Å². The van der Waals surface area contributed by atoms with Gasteiger partial charge < -0.3 is 15.5 Å². The van der Waals surface area contributed by atoms with Gasteiger partial charge in [-0.15, -0.1) is 10.2 Å². The Morgan fingerprint density at radius 3 is 2.54 bits per heavy atom. The zero-order valence-electron chi connectivity index (χ0n) is 13.6. The third kappa shape index (κ3) is 3.19. The molecule has 7 heteroatoms. The topological polar surface area (TPSA) is 87.2 Å². The molecule has 1 aromatic carbocycles. The Bertz CT molecular complexity index is 743. The Hall–Kier alpha value is -2.96. The van der Waals surface area contributed by atoms with Crippen molar-refractivity contribution in [3.8, 4) is 0 Å². The van der Waals surface area contributed by atoms with Gasteiger partial charge in [0.1, 0.15) is 11.9 Å². The first kappa shape index (κ1) is 15.9. The second-order valence-electron chi connectivity index (χ2n) is 5.69. The van der Waals surface area contributed by atoms with Crippen LogP contribution in [0.2, 0.25) is 0 Å². The zero-order valence-corrected chi connectivity index (χ0v) is 13.6. The molecule has 1 fully saturated rings. The zero-order chi connectivity index (χ0) is 17.1. The average molecular weight is 325 g/mol. The molecule has 1 aliphatic rings. The SMILES string of the molecule is CNC(=O)c1ccc(NC2CCN(c3ccc(C)cc3)C2=O)nn1. The van der Waals surface area contributed by atoms with E-state index in [0.29, 0.717) is 18.8 Å². The van der Waals surface area contributed by atoms with Gasteiger partial charge in [0.05, 0.1) is 0 Å². The lowest BCUT2D eigenvalue weighted by Crippen LogP contribution is -2.33. The Morgan fingerprint density at radius 2 is 1.92 bits per heavy atom. The molecule has 0 bridgehead atoms. The van der Waals surface area contributed by atoms with Gasteiger partial charge in [0, 0.05) is 19.3 Å². The molecule has 2 N–H and O–H groups in total. The van der Waals surface area contributed by atoms with E-state index >= 15 is 0 Å². The summed E-state index contributed by atoms with van der Waals surface area (Å²) in [5, 5.41) is 13.4. The minimum Gasteiger partial charge on any atom is -0.357 e. The average Bonchev–Trinajstić information content (AvgIpc) is 2.96. The first-order valence-corrected chi connectivity index (χ1v) is 7.79. The lowest BCUT2D eigenvalue weighted by Gasteiger charge is -2.17. The van der Waals surface area contributed by atoms with Gasteiger partial charge in [-0.1, -0.05) is 17.7 Å². The van der Waals surface area contributed by atoms with Crippen LogP contribution in [0.25, 0.3) is 0 Å². The summed E-state index contributed by atoms with van der Waals surface area (Å²) in [5.74, 6) is 0.194. The Labute approximate surface area is 140 Å². The quantitative estimate of drug-likeness (QED) is 0.886. The Kier molecular flexibility index (Phi) is 4.41. The molecule has 1 unspecified atom stereocenters. The molecule has 1 aliphatic heterocycles. The van der Waals surface area contributed by atoms with Crippen LogP contribution in [0.15, 0.2) is 36.4 Å². The maximum Gasteiger partial charge on any atom is 0.271 e. The van der Waals surface area contributed by atoms with Crippen LogP contribution < -0.4 is 15.5 Å². The summed E-state index contributed by atoms with van der Waals surface area (Å²) in [7, 11) is 1.53. The highest BCUT2D eigenvalue weighted by molar-refractivity contribution is 6.01. The molecule has 0 radical (unpaired) electrons. The van der Waals surface area contributed by atoms with Gasteiger partial charge in [-0.2, -0.15) is 0 Å². The predicted octanol–water partition coefficient (Wildman–Crippen LogP) is 1.36. The summed E-state index contributed by atoms with van der Waals surface area (Å²) in [5.41, 5.74) is 2.30. The maximum absolute atomic E-state index is 12.6. The number of rotatable bonds is 4. The van der Waals surface area contributed by atoms with E-state index in [1.165, 1.54) is 7.05 Å². The summed E-state index contributed by atoms with van der Waals surface area (Å²) in [6, 6.07) is 10.8. The Balaban J connectivity index is 1.67. The molecule has 2 heterocycles. The molecule has 1 atom stereocenters. The molecule has 0 saturated carbocycles. The van der Waals surface area contributed by atoms with Gasteiger partial charge in [-0.05, 0) is 37.6 Å². The number of amides is 2. The van der Waals surface area contributed by atoms with Crippen LogP contribution in [-0.2, 0) is 4.79 Å². The molecule has 1 saturated heterocycles. The predicted molar refractivity (Wildman–Crippen MR) is 91.0 cm³/mol. The molecule has 124 valence electrons. The van der Waals surface area contributed by atoms with Gasteiger partial charge in [0.2, 0.25) is 5.91 Å². The number of hydrogen-bond acceptors (Lipinski definition) is 5. The van der Waals surface area contributed by atoms with Crippen molar-refractivity contribution in [2.24, 2.45) is 0 Å². The number of aryl methyl sites for hydroxylation is 1. The summed E-state index contributed by atoms with van der Waals surface area (Å²) in [6.45, 7) is 2.67. The summed E-state index contributed by atoms with van der Waals surface area (Å²) >= 11 is 0. The summed E-state index contributed by atoms with van der Waals surface area (Å²) in [6.07, 6.45) is 0.686. The minimum atomic E-state index is -0.341. The van der Waals surface area contributed by atoms with Crippen LogP contribution in [0.5, 0.6) is 0 Å². The smallest absolute Gasteiger partial charge is 0.271 e. The third-order valence-corrected chi connectivity index (χ3v) is 4.00. The number of hydrogen-bond donors (Lipinski definition) is 2. The first-order chi connectivity index (χ1) is 11.6. The fraction of sp³-hybridized carbons (Fsp3) is 0.294. The van der Waals surface area contributed by atoms with E-state index in [4.69, 9.17) is 0 Å². The van der Waals surface area contributed by atoms with Crippen molar-refractivity contribution in [1.29, 1.82) is 0 Å². The second-order valence-corrected chi connectivity index (χ2v) is 5.69. The molecule has 0 spiro atoms. The van der Waals surface area contributed by atoms with Crippen LogP contribution >= 0.6 is 0 Å². The van der Waals surface area contributed by atoms with Gasteiger partial charge in [0.15, 0.2) is 5.69 Å². The molecular formula is C17H19N5O2. The number of nitrogens with zero attached hydrogens (tertiary/aromatic N) is 3. The van der Waals surface area contributed by atoms with Crippen LogP contribution in [-0.4, -0.2) is 41.6 Å². The molecule has 2 aromatic rings. The van der Waals surface area contributed by atoms with E-state index in [1.807, 2.05) is 31.2 Å². The number of carbonyl (C=O) groups is 2. The number of nitrogens with one attached hydrogen (secondary N) is 2. The van der Waals surface area contributed by atoms with Crippen molar-refractivity contribution in [3.05, 3.63) is 47.7 Å². The lowest BCUT2D eigenvalue weighted by atomic mass is 10.2. The highest BCUT2D eigenvalue weighted by Gasteiger charge is 2.32. The highest BCUT2D eigenvalue weighted by atomic mass is 16.2. The van der Waals surface area contributed by atoms with Crippen molar-refractivity contribution in [1.82, 2.24) is 15.5 Å². The molecule has 1 aromatic heterocycles. The Morgan fingerprint density at radius 1 is 1.17 bits per heavy atom. The van der Waals surface area contributed by atoms with Gasteiger partial charge in [0.25, 0.3) is 5.91 Å². The number of benzene rings is 1. The molecule has 2 amide bonds. The maximum atomic E-state index is 12.6. The molecule has 3 rings (SSSR count). The van der Waals surface area contributed by atoms with E-state index in [2.05, 4.69) is 20.8 Å². The standard InChI is InChI=1S/C17H19N5O2/c1-11-3-5-12(6-4-11)22-10-9-14(17(22)24)19-15-8-7-13(20-21-15)16(23)18-2/h3-8,14H,9-10H2,1-2H3,(H,18,23)(H,19,21). The molecule has 7 nitrogen and oxygen atoms in total. The monoisotopic (exact) mass is 325 g/mol. The number of anilines is 2. The first-order valence-electron chi connectivity index (χ1n) is 7.79. The van der Waals surface area contributed by atoms with Crippen molar-refractivity contribution < 1.29 is 9.59 Å². The third-order valence-electron chi connectivity index (χ3n) is 4.00. The van der Waals surface area contributed by atoms with Crippen LogP contribution in [0.4, 0.5) is 11.5 Å². The normalized spacial score (nSPS) is 17.0. The number of carbonyl (C=O) groups excluding carboxylic acids is 2. The van der Waals surface area contributed by atoms with Crippen molar-refractivity contribution in [2.75, 3.05) is 23.8 Å². The van der Waals surface area contributed by atoms with Crippen molar-refractivity contribution >= 4 is 23.3 Å². The fourth-order valence-corrected chi connectivity index (χ4v) is 2.63. The number of aromatic nitrogens is 2. The second kappa shape index (κ2) is 6.66. The molecular weight excluding hydrogens is 306 g/mol. The van der Waals surface area contributed by atoms with E-state index in [0.717, 1.165) is 11.3 Å². The molecule has 24 heavy (non-hydrogen) atoms. The van der Waals surface area contributed by atoms with E-state index in [1.54, 1.807) is 17.0 Å². The van der Waals surface area contributed by atoms with Crippen LogP contribution in [0.1, 0.15) is 22.5 Å².